The Hall–Kier alpha value is -7.83. The summed E-state index contributed by atoms with van der Waals surface area (Å²) in [5.74, 6) is 1.47. The topological polar surface area (TPSA) is 77.0 Å². The van der Waals surface area contributed by atoms with Gasteiger partial charge in [-0.1, -0.05) is 152 Å². The smallest absolute Gasteiger partial charge is 0.167 e. The highest BCUT2D eigenvalue weighted by molar-refractivity contribution is 6.16. The number of nitrogens with zero attached hydrogens (tertiary/aromatic N) is 4. The van der Waals surface area contributed by atoms with Gasteiger partial charge in [-0.25, -0.2) is 15.0 Å². The van der Waals surface area contributed by atoms with Gasteiger partial charge in [0.15, 0.2) is 23.1 Å². The van der Waals surface area contributed by atoms with Crippen LogP contribution in [0, 0.1) is 0 Å². The van der Waals surface area contributed by atoms with Crippen molar-refractivity contribution in [3.63, 3.8) is 0 Å². The minimum Gasteiger partial charge on any atom is -0.507 e. The van der Waals surface area contributed by atoms with E-state index in [1.165, 1.54) is 21.9 Å². The van der Waals surface area contributed by atoms with Gasteiger partial charge in [0.05, 0.1) is 22.3 Å². The van der Waals surface area contributed by atoms with E-state index in [1.807, 2.05) is 103 Å². The summed E-state index contributed by atoms with van der Waals surface area (Å²) < 4.78 is 9.15. The first-order valence-corrected chi connectivity index (χ1v) is 18.9. The van der Waals surface area contributed by atoms with Crippen LogP contribution in [0.2, 0.25) is 0 Å². The first-order valence-electron chi connectivity index (χ1n) is 18.9. The van der Waals surface area contributed by atoms with Crippen LogP contribution in [0.25, 0.3) is 106 Å². The summed E-state index contributed by atoms with van der Waals surface area (Å²) in [6, 6.07) is 63.4. The Morgan fingerprint density at radius 2 is 0.982 bits per heavy atom. The van der Waals surface area contributed by atoms with E-state index < -0.39 is 0 Å². The van der Waals surface area contributed by atoms with Gasteiger partial charge in [-0.05, 0) is 53.1 Å². The first kappa shape index (κ1) is 32.6. The standard InChI is InChI=1S/C51H32N4O2/c56-47-36(33-17-6-2-7-18-33)22-12-25-40(47)51-53-49(34-19-8-3-9-20-34)52-50(54-51)39-24-14-28-45-46(39)38-23-13-27-44(48(38)57-45)55-42-26-11-10-21-37(42)41-31-35(29-30-43(41)55)32-15-4-1-5-16-32/h1-31,56H. The van der Waals surface area contributed by atoms with Crippen molar-refractivity contribution in [1.29, 1.82) is 0 Å². The molecule has 3 aromatic heterocycles. The van der Waals surface area contributed by atoms with Crippen molar-refractivity contribution < 1.29 is 9.52 Å². The summed E-state index contributed by atoms with van der Waals surface area (Å²) in [7, 11) is 0. The van der Waals surface area contributed by atoms with Crippen LogP contribution >= 0.6 is 0 Å². The van der Waals surface area contributed by atoms with E-state index in [0.29, 0.717) is 28.6 Å². The lowest BCUT2D eigenvalue weighted by molar-refractivity contribution is 0.479. The molecule has 11 aromatic rings. The monoisotopic (exact) mass is 732 g/mol. The molecule has 0 spiro atoms. The molecule has 0 bridgehead atoms. The molecule has 6 nitrogen and oxygen atoms in total. The third kappa shape index (κ3) is 5.38. The van der Waals surface area contributed by atoms with Gasteiger partial charge in [-0.2, -0.15) is 0 Å². The maximum Gasteiger partial charge on any atom is 0.167 e. The number of hydrogen-bond donors (Lipinski definition) is 1. The van der Waals surface area contributed by atoms with Gasteiger partial charge in [0.2, 0.25) is 0 Å². The summed E-state index contributed by atoms with van der Waals surface area (Å²) >= 11 is 0. The molecule has 0 aliphatic rings. The SMILES string of the molecule is Oc1c(-c2ccccc2)cccc1-c1nc(-c2ccccc2)nc(-c2cccc3oc4c(-n5c6ccccc6c6cc(-c7ccccc7)ccc65)cccc4c23)n1. The van der Waals surface area contributed by atoms with Crippen molar-refractivity contribution >= 4 is 43.7 Å². The van der Waals surface area contributed by atoms with Gasteiger partial charge < -0.3 is 14.1 Å². The highest BCUT2D eigenvalue weighted by atomic mass is 16.3. The van der Waals surface area contributed by atoms with Crippen molar-refractivity contribution in [2.75, 3.05) is 0 Å². The molecule has 0 radical (unpaired) electrons. The van der Waals surface area contributed by atoms with E-state index in [0.717, 1.165) is 55.3 Å². The zero-order chi connectivity index (χ0) is 37.9. The van der Waals surface area contributed by atoms with Crippen molar-refractivity contribution in [1.82, 2.24) is 19.5 Å². The molecule has 1 N–H and O–H groups in total. The second-order valence-corrected chi connectivity index (χ2v) is 14.1. The lowest BCUT2D eigenvalue weighted by atomic mass is 10.0. The molecule has 11 rings (SSSR count). The summed E-state index contributed by atoms with van der Waals surface area (Å²) in [4.78, 5) is 15.1. The third-order valence-electron chi connectivity index (χ3n) is 10.8. The minimum absolute atomic E-state index is 0.110. The van der Waals surface area contributed by atoms with Crippen LogP contribution in [0.4, 0.5) is 0 Å². The number of rotatable bonds is 6. The summed E-state index contributed by atoms with van der Waals surface area (Å²) in [5, 5.41) is 15.9. The maximum atomic E-state index is 11.7. The van der Waals surface area contributed by atoms with Crippen LogP contribution in [-0.4, -0.2) is 24.6 Å². The Morgan fingerprint density at radius 1 is 0.404 bits per heavy atom. The summed E-state index contributed by atoms with van der Waals surface area (Å²) in [5.41, 5.74) is 10.7. The van der Waals surface area contributed by atoms with Crippen molar-refractivity contribution in [2.24, 2.45) is 0 Å². The Bertz CT molecular complexity index is 3300. The van der Waals surface area contributed by atoms with Gasteiger partial charge in [-0.15, -0.1) is 0 Å². The Morgan fingerprint density at radius 3 is 1.77 bits per heavy atom. The highest BCUT2D eigenvalue weighted by Gasteiger charge is 2.22. The molecule has 0 amide bonds. The molecular weight excluding hydrogens is 701 g/mol. The zero-order valence-corrected chi connectivity index (χ0v) is 30.5. The number of fused-ring (bicyclic) bond motifs is 6. The average molecular weight is 733 g/mol. The number of para-hydroxylation sites is 3. The van der Waals surface area contributed by atoms with Gasteiger partial charge in [0, 0.05) is 38.2 Å². The molecule has 268 valence electrons. The predicted octanol–water partition coefficient (Wildman–Crippen LogP) is 12.9. The fourth-order valence-electron chi connectivity index (χ4n) is 8.15. The Kier molecular flexibility index (Phi) is 7.54. The van der Waals surface area contributed by atoms with E-state index in [1.54, 1.807) is 0 Å². The van der Waals surface area contributed by atoms with Crippen LogP contribution in [0.15, 0.2) is 192 Å². The van der Waals surface area contributed by atoms with E-state index >= 15 is 0 Å². The Balaban J connectivity index is 1.13. The fraction of sp³-hybridized carbons (Fsp3) is 0. The molecular formula is C51H32N4O2. The first-order chi connectivity index (χ1) is 28.2. The maximum absolute atomic E-state index is 11.7. The molecule has 0 fully saturated rings. The van der Waals surface area contributed by atoms with Crippen LogP contribution in [0.5, 0.6) is 5.75 Å². The second kappa shape index (κ2) is 13.2. The van der Waals surface area contributed by atoms with Crippen LogP contribution in [-0.2, 0) is 0 Å². The number of benzene rings is 8. The quantitative estimate of drug-likeness (QED) is 0.184. The van der Waals surface area contributed by atoms with E-state index in [9.17, 15) is 5.11 Å². The third-order valence-corrected chi connectivity index (χ3v) is 10.8. The van der Waals surface area contributed by atoms with Crippen molar-refractivity contribution in [3.05, 3.63) is 188 Å². The number of hydrogen-bond acceptors (Lipinski definition) is 5. The molecule has 3 heterocycles. The molecule has 0 saturated heterocycles. The molecule has 8 aromatic carbocycles. The molecule has 0 aliphatic heterocycles. The molecule has 57 heavy (non-hydrogen) atoms. The van der Waals surface area contributed by atoms with E-state index in [2.05, 4.69) is 89.5 Å². The summed E-state index contributed by atoms with van der Waals surface area (Å²) in [6.45, 7) is 0. The van der Waals surface area contributed by atoms with Crippen LogP contribution in [0.1, 0.15) is 0 Å². The number of phenolic OH excluding ortho intramolecular Hbond substituents is 1. The number of aromatic hydroxyl groups is 1. The lowest BCUT2D eigenvalue weighted by Gasteiger charge is -2.12. The lowest BCUT2D eigenvalue weighted by Crippen LogP contribution is -2.01. The largest absolute Gasteiger partial charge is 0.507 e. The summed E-state index contributed by atoms with van der Waals surface area (Å²) in [6.07, 6.45) is 0. The van der Waals surface area contributed by atoms with Gasteiger partial charge in [0.1, 0.15) is 11.3 Å². The van der Waals surface area contributed by atoms with Crippen LogP contribution < -0.4 is 0 Å². The van der Waals surface area contributed by atoms with Crippen molar-refractivity contribution in [3.8, 4) is 67.9 Å². The molecule has 0 unspecified atom stereocenters. The highest BCUT2D eigenvalue weighted by Crippen LogP contribution is 2.43. The average Bonchev–Trinajstić information content (AvgIpc) is 3.83. The number of aromatic nitrogens is 4. The molecule has 0 atom stereocenters. The van der Waals surface area contributed by atoms with E-state index in [-0.39, 0.29) is 5.75 Å². The van der Waals surface area contributed by atoms with Gasteiger partial charge >= 0.3 is 0 Å². The van der Waals surface area contributed by atoms with Gasteiger partial charge in [-0.3, -0.25) is 0 Å². The molecule has 0 saturated carbocycles. The number of phenols is 1. The predicted molar refractivity (Wildman–Crippen MR) is 230 cm³/mol. The molecule has 6 heteroatoms. The molecule has 0 aliphatic carbocycles. The minimum atomic E-state index is 0.110. The fourth-order valence-corrected chi connectivity index (χ4v) is 8.15. The Labute approximate surface area is 327 Å². The normalized spacial score (nSPS) is 11.6. The second-order valence-electron chi connectivity index (χ2n) is 14.1. The zero-order valence-electron chi connectivity index (χ0n) is 30.5. The van der Waals surface area contributed by atoms with E-state index in [4.69, 9.17) is 19.4 Å². The van der Waals surface area contributed by atoms with Gasteiger partial charge in [0.25, 0.3) is 0 Å². The van der Waals surface area contributed by atoms with Crippen molar-refractivity contribution in [2.45, 2.75) is 0 Å². The number of furan rings is 1. The van der Waals surface area contributed by atoms with Crippen LogP contribution in [0.3, 0.4) is 0 Å².